The Morgan fingerprint density at radius 1 is 1.33 bits per heavy atom. The van der Waals surface area contributed by atoms with Crippen LogP contribution in [0.2, 0.25) is 0 Å². The molecule has 3 N–H and O–H groups in total. The van der Waals surface area contributed by atoms with E-state index in [0.717, 1.165) is 19.3 Å². The van der Waals surface area contributed by atoms with Gasteiger partial charge >= 0.3 is 12.0 Å². The summed E-state index contributed by atoms with van der Waals surface area (Å²) < 4.78 is 5.69. The standard InChI is InChI=1S/C15H18N2O4/c1-8-6-9(2-4-11(8)14(18)19)16-15(20)17-12-7-10-3-5-13(12)21-10/h2,4,6,10,12-13H,3,5,7H2,1H3,(H,18,19)(H2,16,17,20). The molecule has 0 aromatic heterocycles. The van der Waals surface area contributed by atoms with Crippen molar-refractivity contribution >= 4 is 17.7 Å². The van der Waals surface area contributed by atoms with Crippen molar-refractivity contribution in [2.45, 2.75) is 44.4 Å². The highest BCUT2D eigenvalue weighted by Gasteiger charge is 2.41. The molecule has 0 aliphatic carbocycles. The van der Waals surface area contributed by atoms with Crippen LogP contribution in [0.5, 0.6) is 0 Å². The lowest BCUT2D eigenvalue weighted by molar-refractivity contribution is 0.0696. The van der Waals surface area contributed by atoms with Crippen molar-refractivity contribution in [3.8, 4) is 0 Å². The molecule has 6 nitrogen and oxygen atoms in total. The maximum atomic E-state index is 12.0. The van der Waals surface area contributed by atoms with E-state index in [-0.39, 0.29) is 29.8 Å². The van der Waals surface area contributed by atoms with E-state index in [0.29, 0.717) is 11.3 Å². The smallest absolute Gasteiger partial charge is 0.335 e. The van der Waals surface area contributed by atoms with E-state index < -0.39 is 5.97 Å². The molecule has 2 aliphatic heterocycles. The highest BCUT2D eigenvalue weighted by atomic mass is 16.5. The number of hydrogen-bond donors (Lipinski definition) is 3. The van der Waals surface area contributed by atoms with Crippen LogP contribution in [0.4, 0.5) is 10.5 Å². The third-order valence-corrected chi connectivity index (χ3v) is 4.14. The average molecular weight is 290 g/mol. The Morgan fingerprint density at radius 2 is 2.14 bits per heavy atom. The maximum absolute atomic E-state index is 12.0. The molecule has 3 unspecified atom stereocenters. The van der Waals surface area contributed by atoms with E-state index in [2.05, 4.69) is 10.6 Å². The van der Waals surface area contributed by atoms with Crippen molar-refractivity contribution in [1.29, 1.82) is 0 Å². The SMILES string of the molecule is Cc1cc(NC(=O)NC2CC3CCC2O3)ccc1C(=O)O. The van der Waals surface area contributed by atoms with Gasteiger partial charge in [-0.25, -0.2) is 9.59 Å². The van der Waals surface area contributed by atoms with E-state index in [1.165, 1.54) is 6.07 Å². The molecule has 2 saturated heterocycles. The number of amides is 2. The fourth-order valence-corrected chi connectivity index (χ4v) is 3.11. The summed E-state index contributed by atoms with van der Waals surface area (Å²) >= 11 is 0. The second-order valence-corrected chi connectivity index (χ2v) is 5.65. The molecular formula is C15H18N2O4. The van der Waals surface area contributed by atoms with Crippen LogP contribution in [0.3, 0.4) is 0 Å². The molecular weight excluding hydrogens is 272 g/mol. The Hall–Kier alpha value is -2.08. The van der Waals surface area contributed by atoms with Gasteiger partial charge in [-0.15, -0.1) is 0 Å². The molecule has 2 bridgehead atoms. The first-order valence-corrected chi connectivity index (χ1v) is 7.10. The highest BCUT2D eigenvalue weighted by Crippen LogP contribution is 2.34. The van der Waals surface area contributed by atoms with Gasteiger partial charge < -0.3 is 20.5 Å². The fourth-order valence-electron chi connectivity index (χ4n) is 3.11. The lowest BCUT2D eigenvalue weighted by Gasteiger charge is -2.20. The summed E-state index contributed by atoms with van der Waals surface area (Å²) in [6.07, 6.45) is 3.38. The maximum Gasteiger partial charge on any atom is 0.335 e. The van der Waals surface area contributed by atoms with Gasteiger partial charge in [0, 0.05) is 5.69 Å². The third-order valence-electron chi connectivity index (χ3n) is 4.14. The number of carboxylic acids is 1. The Kier molecular flexibility index (Phi) is 3.55. The number of aromatic carboxylic acids is 1. The number of hydrogen-bond acceptors (Lipinski definition) is 3. The molecule has 1 aromatic carbocycles. The van der Waals surface area contributed by atoms with Gasteiger partial charge in [-0.2, -0.15) is 0 Å². The number of ether oxygens (including phenoxy) is 1. The normalized spacial score (nSPS) is 26.6. The van der Waals surface area contributed by atoms with Crippen molar-refractivity contribution in [2.75, 3.05) is 5.32 Å². The van der Waals surface area contributed by atoms with Crippen LogP contribution in [0.25, 0.3) is 0 Å². The largest absolute Gasteiger partial charge is 0.478 e. The zero-order chi connectivity index (χ0) is 15.0. The minimum atomic E-state index is -0.970. The summed E-state index contributed by atoms with van der Waals surface area (Å²) in [5.41, 5.74) is 1.44. The lowest BCUT2D eigenvalue weighted by Crippen LogP contribution is -2.43. The number of fused-ring (bicyclic) bond motifs is 2. The predicted molar refractivity (Wildman–Crippen MR) is 76.6 cm³/mol. The first-order chi connectivity index (χ1) is 10.0. The van der Waals surface area contributed by atoms with E-state index in [9.17, 15) is 9.59 Å². The molecule has 2 heterocycles. The summed E-state index contributed by atoms with van der Waals surface area (Å²) in [5, 5.41) is 14.6. The van der Waals surface area contributed by atoms with Crippen LogP contribution in [-0.2, 0) is 4.74 Å². The van der Waals surface area contributed by atoms with Gasteiger partial charge in [0.1, 0.15) is 0 Å². The van der Waals surface area contributed by atoms with Crippen LogP contribution in [0, 0.1) is 6.92 Å². The topological polar surface area (TPSA) is 87.7 Å². The van der Waals surface area contributed by atoms with Crippen molar-refractivity contribution < 1.29 is 19.4 Å². The van der Waals surface area contributed by atoms with Crippen LogP contribution < -0.4 is 10.6 Å². The zero-order valence-corrected chi connectivity index (χ0v) is 11.8. The number of benzene rings is 1. The van der Waals surface area contributed by atoms with Gasteiger partial charge in [0.05, 0.1) is 23.8 Å². The van der Waals surface area contributed by atoms with Crippen LogP contribution in [0.15, 0.2) is 18.2 Å². The minimum absolute atomic E-state index is 0.0724. The molecule has 1 aromatic rings. The molecule has 6 heteroatoms. The van der Waals surface area contributed by atoms with Gasteiger partial charge in [-0.05, 0) is 49.9 Å². The molecule has 3 atom stereocenters. The van der Waals surface area contributed by atoms with Gasteiger partial charge in [0.15, 0.2) is 0 Å². The van der Waals surface area contributed by atoms with Crippen molar-refractivity contribution in [2.24, 2.45) is 0 Å². The summed E-state index contributed by atoms with van der Waals surface area (Å²) in [7, 11) is 0. The first-order valence-electron chi connectivity index (χ1n) is 7.10. The highest BCUT2D eigenvalue weighted by molar-refractivity contribution is 5.92. The van der Waals surface area contributed by atoms with Crippen LogP contribution in [0.1, 0.15) is 35.2 Å². The number of anilines is 1. The fraction of sp³-hybridized carbons (Fsp3) is 0.467. The molecule has 2 amide bonds. The second kappa shape index (κ2) is 5.37. The van der Waals surface area contributed by atoms with E-state index in [1.54, 1.807) is 19.1 Å². The molecule has 2 fully saturated rings. The number of urea groups is 1. The lowest BCUT2D eigenvalue weighted by atomic mass is 9.96. The van der Waals surface area contributed by atoms with E-state index in [1.807, 2.05) is 0 Å². The van der Waals surface area contributed by atoms with E-state index in [4.69, 9.17) is 9.84 Å². The monoisotopic (exact) mass is 290 g/mol. The van der Waals surface area contributed by atoms with Crippen LogP contribution in [-0.4, -0.2) is 35.4 Å². The number of nitrogens with one attached hydrogen (secondary N) is 2. The summed E-state index contributed by atoms with van der Waals surface area (Å²) in [5.74, 6) is -0.970. The van der Waals surface area contributed by atoms with Crippen molar-refractivity contribution in [3.63, 3.8) is 0 Å². The Morgan fingerprint density at radius 3 is 2.71 bits per heavy atom. The average Bonchev–Trinajstić information content (AvgIpc) is 3.00. The summed E-state index contributed by atoms with van der Waals surface area (Å²) in [4.78, 5) is 22.9. The molecule has 112 valence electrons. The molecule has 0 saturated carbocycles. The Bertz CT molecular complexity index is 587. The number of carbonyl (C=O) groups is 2. The number of carbonyl (C=O) groups excluding carboxylic acids is 1. The number of aryl methyl sites for hydroxylation is 1. The first kappa shape index (κ1) is 13.9. The Labute approximate surface area is 122 Å². The van der Waals surface area contributed by atoms with Gasteiger partial charge in [0.25, 0.3) is 0 Å². The van der Waals surface area contributed by atoms with Gasteiger partial charge in [0.2, 0.25) is 0 Å². The predicted octanol–water partition coefficient (Wildman–Crippen LogP) is 2.13. The van der Waals surface area contributed by atoms with Gasteiger partial charge in [-0.3, -0.25) is 0 Å². The minimum Gasteiger partial charge on any atom is -0.478 e. The van der Waals surface area contributed by atoms with Crippen molar-refractivity contribution in [1.82, 2.24) is 5.32 Å². The van der Waals surface area contributed by atoms with Crippen LogP contribution >= 0.6 is 0 Å². The number of carboxylic acid groups (broad SMARTS) is 1. The summed E-state index contributed by atoms with van der Waals surface area (Å²) in [6.45, 7) is 1.70. The van der Waals surface area contributed by atoms with Gasteiger partial charge in [-0.1, -0.05) is 0 Å². The molecule has 3 rings (SSSR count). The second-order valence-electron chi connectivity index (χ2n) is 5.65. The molecule has 21 heavy (non-hydrogen) atoms. The Balaban J connectivity index is 1.60. The zero-order valence-electron chi connectivity index (χ0n) is 11.8. The summed E-state index contributed by atoms with van der Waals surface area (Å²) in [6, 6.07) is 4.53. The van der Waals surface area contributed by atoms with Crippen molar-refractivity contribution in [3.05, 3.63) is 29.3 Å². The molecule has 2 aliphatic rings. The molecule has 0 radical (unpaired) electrons. The van der Waals surface area contributed by atoms with E-state index >= 15 is 0 Å². The number of rotatable bonds is 3. The third kappa shape index (κ3) is 2.85. The quantitative estimate of drug-likeness (QED) is 0.795. The molecule has 0 spiro atoms.